The Morgan fingerprint density at radius 1 is 0.923 bits per heavy atom. The summed E-state index contributed by atoms with van der Waals surface area (Å²) >= 11 is 0. The standard InChI is InChI=1S/C23H30N2O/c1-2-22(21-13-7-4-8-14-21)23(26)25-18-16-24(17-19-25)15-9-12-20-10-5-3-6-11-20/h3-8,10-11,13-14,22H,2,9,12,15-19H2,1H3. The van der Waals surface area contributed by atoms with Crippen LogP contribution in [0.5, 0.6) is 0 Å². The van der Waals surface area contributed by atoms with Gasteiger partial charge >= 0.3 is 0 Å². The summed E-state index contributed by atoms with van der Waals surface area (Å²) in [6, 6.07) is 20.9. The maximum absolute atomic E-state index is 12.9. The van der Waals surface area contributed by atoms with Gasteiger partial charge in [0.15, 0.2) is 0 Å². The van der Waals surface area contributed by atoms with Gasteiger partial charge in [0.25, 0.3) is 0 Å². The van der Waals surface area contributed by atoms with Crippen LogP contribution in [-0.2, 0) is 11.2 Å². The first-order valence-corrected chi connectivity index (χ1v) is 9.88. The maximum Gasteiger partial charge on any atom is 0.230 e. The van der Waals surface area contributed by atoms with Gasteiger partial charge in [-0.25, -0.2) is 0 Å². The molecule has 1 saturated heterocycles. The molecule has 3 rings (SSSR count). The van der Waals surface area contributed by atoms with Gasteiger partial charge < -0.3 is 4.90 Å². The first kappa shape index (κ1) is 18.7. The van der Waals surface area contributed by atoms with E-state index in [0.717, 1.165) is 51.1 Å². The molecule has 0 aliphatic carbocycles. The van der Waals surface area contributed by atoms with Crippen molar-refractivity contribution in [3.05, 3.63) is 71.8 Å². The Balaban J connectivity index is 1.44. The lowest BCUT2D eigenvalue weighted by molar-refractivity contribution is -0.134. The highest BCUT2D eigenvalue weighted by molar-refractivity contribution is 5.83. The molecule has 0 bridgehead atoms. The molecule has 26 heavy (non-hydrogen) atoms. The molecule has 2 aromatic carbocycles. The molecule has 1 fully saturated rings. The summed E-state index contributed by atoms with van der Waals surface area (Å²) in [6.07, 6.45) is 3.17. The molecule has 0 aromatic heterocycles. The fourth-order valence-electron chi connectivity index (χ4n) is 3.80. The van der Waals surface area contributed by atoms with Crippen LogP contribution in [0.3, 0.4) is 0 Å². The van der Waals surface area contributed by atoms with Gasteiger partial charge in [0, 0.05) is 26.2 Å². The van der Waals surface area contributed by atoms with Crippen molar-refractivity contribution in [2.75, 3.05) is 32.7 Å². The summed E-state index contributed by atoms with van der Waals surface area (Å²) < 4.78 is 0. The van der Waals surface area contributed by atoms with Crippen molar-refractivity contribution in [1.82, 2.24) is 9.80 Å². The summed E-state index contributed by atoms with van der Waals surface area (Å²) in [5, 5.41) is 0. The lowest BCUT2D eigenvalue weighted by Crippen LogP contribution is -2.50. The minimum absolute atomic E-state index is 0.000769. The summed E-state index contributed by atoms with van der Waals surface area (Å²) in [4.78, 5) is 17.5. The number of rotatable bonds is 7. The third-order valence-electron chi connectivity index (χ3n) is 5.37. The SMILES string of the molecule is CCC(C(=O)N1CCN(CCCc2ccccc2)CC1)c1ccccc1. The number of carbonyl (C=O) groups excluding carboxylic acids is 1. The van der Waals surface area contributed by atoms with E-state index in [9.17, 15) is 4.79 Å². The number of amides is 1. The average molecular weight is 351 g/mol. The summed E-state index contributed by atoms with van der Waals surface area (Å²) in [6.45, 7) is 6.92. The van der Waals surface area contributed by atoms with Crippen LogP contribution in [0, 0.1) is 0 Å². The highest BCUT2D eigenvalue weighted by Gasteiger charge is 2.27. The maximum atomic E-state index is 12.9. The number of carbonyl (C=O) groups is 1. The molecule has 0 spiro atoms. The highest BCUT2D eigenvalue weighted by Crippen LogP contribution is 2.22. The molecule has 3 heteroatoms. The van der Waals surface area contributed by atoms with E-state index in [0.29, 0.717) is 5.91 Å². The van der Waals surface area contributed by atoms with Crippen molar-refractivity contribution in [1.29, 1.82) is 0 Å². The van der Waals surface area contributed by atoms with Crippen LogP contribution >= 0.6 is 0 Å². The Labute approximate surface area is 157 Å². The molecule has 0 N–H and O–H groups in total. The summed E-state index contributed by atoms with van der Waals surface area (Å²) in [7, 11) is 0. The molecular formula is C23H30N2O. The van der Waals surface area contributed by atoms with E-state index in [1.807, 2.05) is 18.2 Å². The molecule has 2 aromatic rings. The fourth-order valence-corrected chi connectivity index (χ4v) is 3.80. The van der Waals surface area contributed by atoms with Crippen molar-refractivity contribution in [2.45, 2.75) is 32.1 Å². The molecule has 1 aliphatic rings. The van der Waals surface area contributed by atoms with E-state index in [1.54, 1.807) is 0 Å². The number of piperazine rings is 1. The second kappa shape index (κ2) is 9.54. The Bertz CT molecular complexity index is 663. The van der Waals surface area contributed by atoms with Crippen molar-refractivity contribution in [3.63, 3.8) is 0 Å². The van der Waals surface area contributed by atoms with Gasteiger partial charge in [0.2, 0.25) is 5.91 Å². The number of nitrogens with zero attached hydrogens (tertiary/aromatic N) is 2. The van der Waals surface area contributed by atoms with Crippen molar-refractivity contribution < 1.29 is 4.79 Å². The van der Waals surface area contributed by atoms with E-state index in [1.165, 1.54) is 12.0 Å². The molecule has 0 radical (unpaired) electrons. The Kier molecular flexibility index (Phi) is 6.84. The zero-order chi connectivity index (χ0) is 18.2. The second-order valence-electron chi connectivity index (χ2n) is 7.13. The molecule has 138 valence electrons. The van der Waals surface area contributed by atoms with Crippen LogP contribution in [-0.4, -0.2) is 48.4 Å². The molecule has 1 aliphatic heterocycles. The van der Waals surface area contributed by atoms with Crippen LogP contribution in [0.2, 0.25) is 0 Å². The molecule has 0 saturated carbocycles. The van der Waals surface area contributed by atoms with Gasteiger partial charge in [-0.1, -0.05) is 67.6 Å². The average Bonchev–Trinajstić information content (AvgIpc) is 2.71. The largest absolute Gasteiger partial charge is 0.340 e. The minimum atomic E-state index is 0.000769. The zero-order valence-corrected chi connectivity index (χ0v) is 15.8. The highest BCUT2D eigenvalue weighted by atomic mass is 16.2. The molecule has 1 unspecified atom stereocenters. The van der Waals surface area contributed by atoms with Gasteiger partial charge in [0.1, 0.15) is 0 Å². The number of aryl methyl sites for hydroxylation is 1. The van der Waals surface area contributed by atoms with E-state index in [2.05, 4.69) is 59.2 Å². The van der Waals surface area contributed by atoms with Gasteiger partial charge in [0.05, 0.1) is 5.92 Å². The zero-order valence-electron chi connectivity index (χ0n) is 15.8. The number of hydrogen-bond acceptors (Lipinski definition) is 2. The first-order valence-electron chi connectivity index (χ1n) is 9.88. The van der Waals surface area contributed by atoms with Crippen molar-refractivity contribution in [3.8, 4) is 0 Å². The van der Waals surface area contributed by atoms with E-state index in [-0.39, 0.29) is 5.92 Å². The Hall–Kier alpha value is -2.13. The lowest BCUT2D eigenvalue weighted by atomic mass is 9.95. The molecular weight excluding hydrogens is 320 g/mol. The molecule has 1 heterocycles. The van der Waals surface area contributed by atoms with Crippen LogP contribution in [0.25, 0.3) is 0 Å². The predicted octanol–water partition coefficient (Wildman–Crippen LogP) is 3.96. The topological polar surface area (TPSA) is 23.6 Å². The van der Waals surface area contributed by atoms with Crippen LogP contribution in [0.4, 0.5) is 0 Å². The Morgan fingerprint density at radius 3 is 2.15 bits per heavy atom. The van der Waals surface area contributed by atoms with Crippen molar-refractivity contribution >= 4 is 5.91 Å². The van der Waals surface area contributed by atoms with Gasteiger partial charge in [-0.2, -0.15) is 0 Å². The van der Waals surface area contributed by atoms with Crippen molar-refractivity contribution in [2.24, 2.45) is 0 Å². The van der Waals surface area contributed by atoms with Gasteiger partial charge in [-0.15, -0.1) is 0 Å². The smallest absolute Gasteiger partial charge is 0.230 e. The fraction of sp³-hybridized carbons (Fsp3) is 0.435. The second-order valence-corrected chi connectivity index (χ2v) is 7.13. The summed E-state index contributed by atoms with van der Waals surface area (Å²) in [5.41, 5.74) is 2.56. The molecule has 1 atom stereocenters. The third-order valence-corrected chi connectivity index (χ3v) is 5.37. The first-order chi connectivity index (χ1) is 12.8. The van der Waals surface area contributed by atoms with Crippen LogP contribution in [0.15, 0.2) is 60.7 Å². The quantitative estimate of drug-likeness (QED) is 0.755. The monoisotopic (exact) mass is 350 g/mol. The number of hydrogen-bond donors (Lipinski definition) is 0. The van der Waals surface area contributed by atoms with Gasteiger partial charge in [-0.3, -0.25) is 9.69 Å². The third kappa shape index (κ3) is 4.95. The predicted molar refractivity (Wildman–Crippen MR) is 107 cm³/mol. The van der Waals surface area contributed by atoms with E-state index >= 15 is 0 Å². The number of benzene rings is 2. The molecule has 1 amide bonds. The molecule has 3 nitrogen and oxygen atoms in total. The van der Waals surface area contributed by atoms with E-state index < -0.39 is 0 Å². The van der Waals surface area contributed by atoms with E-state index in [4.69, 9.17) is 0 Å². The lowest BCUT2D eigenvalue weighted by Gasteiger charge is -2.36. The van der Waals surface area contributed by atoms with Crippen LogP contribution in [0.1, 0.15) is 36.8 Å². The summed E-state index contributed by atoms with van der Waals surface area (Å²) in [5.74, 6) is 0.295. The van der Waals surface area contributed by atoms with Gasteiger partial charge in [-0.05, 0) is 36.9 Å². The Morgan fingerprint density at radius 2 is 1.54 bits per heavy atom. The normalized spacial score (nSPS) is 16.4. The minimum Gasteiger partial charge on any atom is -0.340 e. The van der Waals surface area contributed by atoms with Crippen LogP contribution < -0.4 is 0 Å².